The van der Waals surface area contributed by atoms with E-state index in [4.69, 9.17) is 5.73 Å². The number of nitrogens with two attached hydrogens (primary N) is 1. The van der Waals surface area contributed by atoms with Crippen molar-refractivity contribution in [2.75, 3.05) is 5.73 Å². The van der Waals surface area contributed by atoms with Crippen molar-refractivity contribution >= 4 is 22.4 Å². The number of anilines is 1. The Morgan fingerprint density at radius 2 is 2.11 bits per heavy atom. The Kier molecular flexibility index (Phi) is 2.74. The second kappa shape index (κ2) is 4.41. The van der Waals surface area contributed by atoms with Gasteiger partial charge in [0.05, 0.1) is 5.52 Å². The summed E-state index contributed by atoms with van der Waals surface area (Å²) in [7, 11) is 0. The van der Waals surface area contributed by atoms with Crippen LogP contribution in [0.4, 0.5) is 5.69 Å². The van der Waals surface area contributed by atoms with Gasteiger partial charge in [0, 0.05) is 17.5 Å². The van der Waals surface area contributed by atoms with E-state index in [1.165, 1.54) is 19.3 Å². The number of fused-ring (bicyclic) bond motifs is 1. The summed E-state index contributed by atoms with van der Waals surface area (Å²) in [6, 6.07) is 9.37. The number of carbonyl (C=O) groups excluding carboxylic acids is 1. The molecule has 1 heterocycles. The van der Waals surface area contributed by atoms with Gasteiger partial charge in [0.15, 0.2) is 5.78 Å². The molecule has 0 bridgehead atoms. The second-order valence-electron chi connectivity index (χ2n) is 5.04. The van der Waals surface area contributed by atoms with Crippen LogP contribution in [-0.2, 0) is 0 Å². The summed E-state index contributed by atoms with van der Waals surface area (Å²) in [6.07, 6.45) is 4.22. The Morgan fingerprint density at radius 3 is 2.83 bits per heavy atom. The van der Waals surface area contributed by atoms with E-state index in [0.29, 0.717) is 23.7 Å². The molecule has 0 unspecified atom stereocenters. The molecule has 1 fully saturated rings. The monoisotopic (exact) mass is 240 g/mol. The van der Waals surface area contributed by atoms with Crippen molar-refractivity contribution in [2.45, 2.75) is 25.7 Å². The highest BCUT2D eigenvalue weighted by Crippen LogP contribution is 2.31. The fourth-order valence-corrected chi connectivity index (χ4v) is 2.41. The molecule has 0 saturated heterocycles. The summed E-state index contributed by atoms with van der Waals surface area (Å²) in [5.41, 5.74) is 7.93. The van der Waals surface area contributed by atoms with Crippen LogP contribution in [0.2, 0.25) is 0 Å². The lowest BCUT2D eigenvalue weighted by atomic mass is 9.81. The largest absolute Gasteiger partial charge is 0.398 e. The van der Waals surface area contributed by atoms with E-state index in [1.807, 2.05) is 24.3 Å². The number of nitrogens with zero attached hydrogens (tertiary/aromatic N) is 1. The fourth-order valence-electron chi connectivity index (χ4n) is 2.41. The molecule has 3 nitrogen and oxygen atoms in total. The quantitative estimate of drug-likeness (QED) is 0.838. The number of hydrogen-bond donors (Lipinski definition) is 1. The minimum Gasteiger partial charge on any atom is -0.398 e. The first-order valence-corrected chi connectivity index (χ1v) is 6.42. The third-order valence-corrected chi connectivity index (χ3v) is 3.73. The molecule has 0 atom stereocenters. The van der Waals surface area contributed by atoms with Gasteiger partial charge in [-0.05, 0) is 18.1 Å². The van der Waals surface area contributed by atoms with E-state index >= 15 is 0 Å². The first kappa shape index (κ1) is 11.2. The molecule has 0 spiro atoms. The van der Waals surface area contributed by atoms with Crippen molar-refractivity contribution in [3.05, 3.63) is 36.0 Å². The van der Waals surface area contributed by atoms with Crippen molar-refractivity contribution in [1.29, 1.82) is 0 Å². The molecule has 1 aliphatic rings. The molecule has 18 heavy (non-hydrogen) atoms. The lowest BCUT2D eigenvalue weighted by molar-refractivity contribution is 0.0932. The molecule has 0 amide bonds. The zero-order valence-corrected chi connectivity index (χ0v) is 10.2. The number of nitrogen functional groups attached to an aromatic ring is 1. The van der Waals surface area contributed by atoms with Crippen LogP contribution in [-0.4, -0.2) is 10.8 Å². The van der Waals surface area contributed by atoms with Gasteiger partial charge in [-0.25, -0.2) is 4.98 Å². The number of para-hydroxylation sites is 1. The Morgan fingerprint density at radius 1 is 1.33 bits per heavy atom. The Bertz CT molecular complexity index is 602. The molecule has 1 saturated carbocycles. The number of ketones is 1. The van der Waals surface area contributed by atoms with E-state index in [2.05, 4.69) is 4.98 Å². The van der Waals surface area contributed by atoms with E-state index in [1.54, 1.807) is 6.07 Å². The maximum atomic E-state index is 12.1. The van der Waals surface area contributed by atoms with Crippen molar-refractivity contribution in [3.8, 4) is 0 Å². The standard InChI is InChI=1S/C15H16N2O/c16-12-9-14(15(18)8-10-4-3-5-10)17-13-7-2-1-6-11(12)13/h1-2,6-7,9-10H,3-5,8H2,(H2,16,17). The molecule has 1 aromatic carbocycles. The van der Waals surface area contributed by atoms with Crippen molar-refractivity contribution < 1.29 is 4.79 Å². The lowest BCUT2D eigenvalue weighted by Crippen LogP contribution is -2.16. The number of hydrogen-bond acceptors (Lipinski definition) is 3. The molecule has 92 valence electrons. The van der Waals surface area contributed by atoms with Crippen LogP contribution in [0.25, 0.3) is 10.9 Å². The van der Waals surface area contributed by atoms with Crippen LogP contribution in [0.3, 0.4) is 0 Å². The van der Waals surface area contributed by atoms with E-state index in [0.717, 1.165) is 10.9 Å². The normalized spacial score (nSPS) is 15.6. The minimum atomic E-state index is 0.122. The van der Waals surface area contributed by atoms with Gasteiger partial charge >= 0.3 is 0 Å². The van der Waals surface area contributed by atoms with Crippen molar-refractivity contribution in [3.63, 3.8) is 0 Å². The first-order chi connectivity index (χ1) is 8.74. The molecule has 2 N–H and O–H groups in total. The highest BCUT2D eigenvalue weighted by Gasteiger charge is 2.22. The third-order valence-electron chi connectivity index (χ3n) is 3.73. The maximum absolute atomic E-state index is 12.1. The van der Waals surface area contributed by atoms with Gasteiger partial charge in [0.1, 0.15) is 5.69 Å². The van der Waals surface area contributed by atoms with Crippen molar-refractivity contribution in [2.24, 2.45) is 5.92 Å². The van der Waals surface area contributed by atoms with E-state index < -0.39 is 0 Å². The van der Waals surface area contributed by atoms with Crippen LogP contribution >= 0.6 is 0 Å². The summed E-state index contributed by atoms with van der Waals surface area (Å²) in [5.74, 6) is 0.684. The zero-order chi connectivity index (χ0) is 12.5. The smallest absolute Gasteiger partial charge is 0.181 e. The van der Waals surface area contributed by atoms with E-state index in [9.17, 15) is 4.79 Å². The number of Topliss-reactive ketones (excluding diaryl/α,β-unsaturated/α-hetero) is 1. The number of carbonyl (C=O) groups is 1. The Labute approximate surface area is 106 Å². The van der Waals surface area contributed by atoms with Crippen LogP contribution in [0, 0.1) is 5.92 Å². The number of benzene rings is 1. The topological polar surface area (TPSA) is 56.0 Å². The Hall–Kier alpha value is -1.90. The lowest BCUT2D eigenvalue weighted by Gasteiger charge is -2.24. The molecule has 3 rings (SSSR count). The first-order valence-electron chi connectivity index (χ1n) is 6.42. The van der Waals surface area contributed by atoms with Crippen molar-refractivity contribution in [1.82, 2.24) is 4.98 Å². The Balaban J connectivity index is 1.94. The van der Waals surface area contributed by atoms with Gasteiger partial charge in [-0.3, -0.25) is 4.79 Å². The van der Waals surface area contributed by atoms with E-state index in [-0.39, 0.29) is 5.78 Å². The molecular formula is C15H16N2O. The highest BCUT2D eigenvalue weighted by atomic mass is 16.1. The average Bonchev–Trinajstić information content (AvgIpc) is 2.33. The molecule has 2 aromatic rings. The van der Waals surface area contributed by atoms with Gasteiger partial charge in [0.25, 0.3) is 0 Å². The van der Waals surface area contributed by atoms with Crippen LogP contribution in [0.5, 0.6) is 0 Å². The number of pyridine rings is 1. The molecule has 0 aliphatic heterocycles. The molecule has 3 heteroatoms. The fraction of sp³-hybridized carbons (Fsp3) is 0.333. The predicted octanol–water partition coefficient (Wildman–Crippen LogP) is 3.19. The summed E-state index contributed by atoms with van der Waals surface area (Å²) >= 11 is 0. The number of aromatic nitrogens is 1. The summed E-state index contributed by atoms with van der Waals surface area (Å²) in [4.78, 5) is 16.5. The minimum absolute atomic E-state index is 0.122. The summed E-state index contributed by atoms with van der Waals surface area (Å²) in [5, 5.41) is 0.915. The SMILES string of the molecule is Nc1cc(C(=O)CC2CCC2)nc2ccccc12. The summed E-state index contributed by atoms with van der Waals surface area (Å²) in [6.45, 7) is 0. The van der Waals surface area contributed by atoms with Gasteiger partial charge in [0.2, 0.25) is 0 Å². The van der Waals surface area contributed by atoms with Gasteiger partial charge < -0.3 is 5.73 Å². The molecule has 1 aliphatic carbocycles. The van der Waals surface area contributed by atoms with Crippen LogP contribution < -0.4 is 5.73 Å². The maximum Gasteiger partial charge on any atom is 0.181 e. The average molecular weight is 240 g/mol. The molecule has 0 radical (unpaired) electrons. The zero-order valence-electron chi connectivity index (χ0n) is 10.2. The molecule has 1 aromatic heterocycles. The van der Waals surface area contributed by atoms with Gasteiger partial charge in [-0.2, -0.15) is 0 Å². The predicted molar refractivity (Wildman–Crippen MR) is 72.4 cm³/mol. The third kappa shape index (κ3) is 1.96. The van der Waals surface area contributed by atoms with Gasteiger partial charge in [-0.15, -0.1) is 0 Å². The van der Waals surface area contributed by atoms with Crippen LogP contribution in [0.15, 0.2) is 30.3 Å². The van der Waals surface area contributed by atoms with Gasteiger partial charge in [-0.1, -0.05) is 37.5 Å². The highest BCUT2D eigenvalue weighted by molar-refractivity contribution is 6.00. The summed E-state index contributed by atoms with van der Waals surface area (Å²) < 4.78 is 0. The molecular weight excluding hydrogens is 224 g/mol. The second-order valence-corrected chi connectivity index (χ2v) is 5.04. The number of rotatable bonds is 3. The van der Waals surface area contributed by atoms with Crippen LogP contribution in [0.1, 0.15) is 36.2 Å².